The molecule has 2 heteroatoms. The standard InChI is InChI=1S/C15H18N2/c1-11(16)12-3-5-13(6-4-12)14-7-9-15(17-2)10-8-14/h3-11,17H,16H2,1-2H3/t11-/m0/s1. The first kappa shape index (κ1) is 11.7. The topological polar surface area (TPSA) is 38.0 Å². The molecule has 0 bridgehead atoms. The van der Waals surface area contributed by atoms with Crippen molar-refractivity contribution in [2.75, 3.05) is 12.4 Å². The van der Waals surface area contributed by atoms with E-state index >= 15 is 0 Å². The van der Waals surface area contributed by atoms with E-state index in [-0.39, 0.29) is 6.04 Å². The van der Waals surface area contributed by atoms with Crippen molar-refractivity contribution in [3.63, 3.8) is 0 Å². The van der Waals surface area contributed by atoms with Crippen LogP contribution < -0.4 is 11.1 Å². The van der Waals surface area contributed by atoms with Gasteiger partial charge in [0, 0.05) is 18.8 Å². The van der Waals surface area contributed by atoms with E-state index in [0.29, 0.717) is 0 Å². The molecule has 0 saturated carbocycles. The van der Waals surface area contributed by atoms with Crippen molar-refractivity contribution in [2.45, 2.75) is 13.0 Å². The van der Waals surface area contributed by atoms with Crippen molar-refractivity contribution >= 4 is 5.69 Å². The highest BCUT2D eigenvalue weighted by Gasteiger charge is 2.01. The SMILES string of the molecule is CNc1ccc(-c2ccc([C@H](C)N)cc2)cc1. The zero-order valence-electron chi connectivity index (χ0n) is 10.3. The molecule has 0 saturated heterocycles. The first-order chi connectivity index (χ1) is 8.20. The molecule has 2 rings (SSSR count). The zero-order chi connectivity index (χ0) is 12.3. The summed E-state index contributed by atoms with van der Waals surface area (Å²) >= 11 is 0. The largest absolute Gasteiger partial charge is 0.388 e. The molecular weight excluding hydrogens is 208 g/mol. The van der Waals surface area contributed by atoms with Crippen LogP contribution in [0, 0.1) is 0 Å². The van der Waals surface area contributed by atoms with Gasteiger partial charge >= 0.3 is 0 Å². The normalized spacial score (nSPS) is 12.2. The molecule has 3 N–H and O–H groups in total. The Morgan fingerprint density at radius 3 is 1.76 bits per heavy atom. The van der Waals surface area contributed by atoms with Crippen LogP contribution in [0.4, 0.5) is 5.69 Å². The van der Waals surface area contributed by atoms with E-state index in [2.05, 4.69) is 53.8 Å². The minimum Gasteiger partial charge on any atom is -0.388 e. The lowest BCUT2D eigenvalue weighted by Crippen LogP contribution is -2.04. The third kappa shape index (κ3) is 2.66. The summed E-state index contributed by atoms with van der Waals surface area (Å²) in [6.45, 7) is 2.00. The fourth-order valence-electron chi connectivity index (χ4n) is 1.81. The number of anilines is 1. The molecule has 0 heterocycles. The molecule has 0 aliphatic rings. The van der Waals surface area contributed by atoms with E-state index in [4.69, 9.17) is 5.73 Å². The summed E-state index contributed by atoms with van der Waals surface area (Å²) in [6, 6.07) is 16.9. The van der Waals surface area contributed by atoms with Gasteiger partial charge in [-0.05, 0) is 35.7 Å². The molecule has 0 radical (unpaired) electrons. The Balaban J connectivity index is 2.26. The number of nitrogens with one attached hydrogen (secondary N) is 1. The van der Waals surface area contributed by atoms with Gasteiger partial charge in [-0.1, -0.05) is 36.4 Å². The van der Waals surface area contributed by atoms with Crippen molar-refractivity contribution in [2.24, 2.45) is 5.73 Å². The maximum atomic E-state index is 5.83. The van der Waals surface area contributed by atoms with Gasteiger partial charge < -0.3 is 11.1 Å². The Bertz CT molecular complexity index is 469. The van der Waals surface area contributed by atoms with Gasteiger partial charge in [0.25, 0.3) is 0 Å². The van der Waals surface area contributed by atoms with Gasteiger partial charge in [-0.2, -0.15) is 0 Å². The number of hydrogen-bond acceptors (Lipinski definition) is 2. The molecule has 0 fully saturated rings. The first-order valence-electron chi connectivity index (χ1n) is 5.84. The third-order valence-electron chi connectivity index (χ3n) is 2.94. The number of nitrogens with two attached hydrogens (primary N) is 1. The predicted molar refractivity (Wildman–Crippen MR) is 74.0 cm³/mol. The Hall–Kier alpha value is -1.80. The van der Waals surface area contributed by atoms with Crippen LogP contribution in [0.1, 0.15) is 18.5 Å². The number of hydrogen-bond donors (Lipinski definition) is 2. The van der Waals surface area contributed by atoms with Crippen molar-refractivity contribution in [3.05, 3.63) is 54.1 Å². The molecule has 0 spiro atoms. The molecule has 0 aromatic heterocycles. The maximum absolute atomic E-state index is 5.83. The van der Waals surface area contributed by atoms with E-state index in [0.717, 1.165) is 5.69 Å². The molecule has 0 aliphatic heterocycles. The van der Waals surface area contributed by atoms with Gasteiger partial charge in [-0.3, -0.25) is 0 Å². The van der Waals surface area contributed by atoms with Gasteiger partial charge in [-0.25, -0.2) is 0 Å². The maximum Gasteiger partial charge on any atom is 0.0337 e. The third-order valence-corrected chi connectivity index (χ3v) is 2.94. The summed E-state index contributed by atoms with van der Waals surface area (Å²) in [5.41, 5.74) is 10.6. The van der Waals surface area contributed by atoms with Crippen LogP contribution in [0.3, 0.4) is 0 Å². The second-order valence-corrected chi connectivity index (χ2v) is 4.24. The molecule has 2 aromatic rings. The quantitative estimate of drug-likeness (QED) is 0.841. The van der Waals surface area contributed by atoms with Crippen molar-refractivity contribution < 1.29 is 0 Å². The monoisotopic (exact) mass is 226 g/mol. The molecule has 1 atom stereocenters. The summed E-state index contributed by atoms with van der Waals surface area (Å²) in [7, 11) is 1.92. The fourth-order valence-corrected chi connectivity index (χ4v) is 1.81. The summed E-state index contributed by atoms with van der Waals surface area (Å²) in [5, 5.41) is 3.11. The van der Waals surface area contributed by atoms with Crippen LogP contribution >= 0.6 is 0 Å². The van der Waals surface area contributed by atoms with Gasteiger partial charge in [0.15, 0.2) is 0 Å². The molecule has 0 aliphatic carbocycles. The lowest BCUT2D eigenvalue weighted by Gasteiger charge is -2.08. The molecule has 0 unspecified atom stereocenters. The van der Waals surface area contributed by atoms with Crippen LogP contribution in [0.25, 0.3) is 11.1 Å². The highest BCUT2D eigenvalue weighted by Crippen LogP contribution is 2.22. The minimum atomic E-state index is 0.0933. The lowest BCUT2D eigenvalue weighted by molar-refractivity contribution is 0.818. The van der Waals surface area contributed by atoms with Crippen molar-refractivity contribution in [1.82, 2.24) is 0 Å². The minimum absolute atomic E-state index is 0.0933. The lowest BCUT2D eigenvalue weighted by atomic mass is 10.0. The van der Waals surface area contributed by atoms with Gasteiger partial charge in [0.05, 0.1) is 0 Å². The number of rotatable bonds is 3. The van der Waals surface area contributed by atoms with Gasteiger partial charge in [0.1, 0.15) is 0 Å². The number of benzene rings is 2. The van der Waals surface area contributed by atoms with Gasteiger partial charge in [-0.15, -0.1) is 0 Å². The second kappa shape index (κ2) is 5.02. The first-order valence-corrected chi connectivity index (χ1v) is 5.84. The molecule has 2 nitrogen and oxygen atoms in total. The van der Waals surface area contributed by atoms with Crippen LogP contribution in [-0.2, 0) is 0 Å². The zero-order valence-corrected chi connectivity index (χ0v) is 10.3. The predicted octanol–water partition coefficient (Wildman–Crippen LogP) is 3.42. The van der Waals surface area contributed by atoms with E-state index in [1.54, 1.807) is 0 Å². The van der Waals surface area contributed by atoms with Gasteiger partial charge in [0.2, 0.25) is 0 Å². The molecule has 0 amide bonds. The Morgan fingerprint density at radius 1 is 0.882 bits per heavy atom. The van der Waals surface area contributed by atoms with Crippen LogP contribution in [-0.4, -0.2) is 7.05 Å². The molecule has 2 aromatic carbocycles. The van der Waals surface area contributed by atoms with Crippen LogP contribution in [0.15, 0.2) is 48.5 Å². The van der Waals surface area contributed by atoms with Crippen molar-refractivity contribution in [3.8, 4) is 11.1 Å². The molecular formula is C15H18N2. The van der Waals surface area contributed by atoms with E-state index < -0.39 is 0 Å². The second-order valence-electron chi connectivity index (χ2n) is 4.24. The highest BCUT2D eigenvalue weighted by molar-refractivity contribution is 5.66. The fraction of sp³-hybridized carbons (Fsp3) is 0.200. The van der Waals surface area contributed by atoms with E-state index in [9.17, 15) is 0 Å². The van der Waals surface area contributed by atoms with E-state index in [1.807, 2.05) is 14.0 Å². The summed E-state index contributed by atoms with van der Waals surface area (Å²) < 4.78 is 0. The highest BCUT2D eigenvalue weighted by atomic mass is 14.8. The average molecular weight is 226 g/mol. The Labute approximate surface area is 102 Å². The van der Waals surface area contributed by atoms with Crippen molar-refractivity contribution in [1.29, 1.82) is 0 Å². The average Bonchev–Trinajstić information content (AvgIpc) is 2.39. The Kier molecular flexibility index (Phi) is 3.45. The van der Waals surface area contributed by atoms with E-state index in [1.165, 1.54) is 16.7 Å². The van der Waals surface area contributed by atoms with Crippen LogP contribution in [0.5, 0.6) is 0 Å². The molecule has 17 heavy (non-hydrogen) atoms. The summed E-state index contributed by atoms with van der Waals surface area (Å²) in [6.07, 6.45) is 0. The Morgan fingerprint density at radius 2 is 1.35 bits per heavy atom. The smallest absolute Gasteiger partial charge is 0.0337 e. The summed E-state index contributed by atoms with van der Waals surface area (Å²) in [5.74, 6) is 0. The molecule has 88 valence electrons. The van der Waals surface area contributed by atoms with Crippen LogP contribution in [0.2, 0.25) is 0 Å². The summed E-state index contributed by atoms with van der Waals surface area (Å²) in [4.78, 5) is 0.